The third-order valence-corrected chi connectivity index (χ3v) is 4.30. The number of alkyl halides is 3. The highest BCUT2D eigenvalue weighted by Crippen LogP contribution is 2.29. The Bertz CT molecular complexity index is 768. The van der Waals surface area contributed by atoms with Crippen molar-refractivity contribution in [3.05, 3.63) is 54.2 Å². The quantitative estimate of drug-likeness (QED) is 0.525. The van der Waals surface area contributed by atoms with Gasteiger partial charge in [-0.25, -0.2) is 4.98 Å². The van der Waals surface area contributed by atoms with Gasteiger partial charge >= 0.3 is 12.1 Å². The van der Waals surface area contributed by atoms with Gasteiger partial charge in [-0.05, 0) is 31.2 Å². The molecule has 0 atom stereocenters. The van der Waals surface area contributed by atoms with E-state index in [1.165, 1.54) is 11.0 Å². The van der Waals surface area contributed by atoms with Crippen LogP contribution in [0.4, 0.5) is 18.9 Å². The Kier molecular flexibility index (Phi) is 7.23. The molecular formula is C18H17F3N2O3S. The van der Waals surface area contributed by atoms with Gasteiger partial charge in [0.15, 0.2) is 0 Å². The number of ether oxygens (including phenoxy) is 1. The topological polar surface area (TPSA) is 59.5 Å². The highest BCUT2D eigenvalue weighted by atomic mass is 32.2. The molecule has 0 aliphatic rings. The van der Waals surface area contributed by atoms with E-state index in [1.54, 1.807) is 37.3 Å². The van der Waals surface area contributed by atoms with E-state index in [9.17, 15) is 22.8 Å². The molecule has 5 nitrogen and oxygen atoms in total. The maximum Gasteiger partial charge on any atom is 0.417 e. The zero-order chi connectivity index (χ0) is 19.9. The molecule has 0 N–H and O–H groups in total. The van der Waals surface area contributed by atoms with Crippen LogP contribution in [0.5, 0.6) is 0 Å². The number of para-hydroxylation sites is 1. The van der Waals surface area contributed by atoms with Crippen molar-refractivity contribution in [1.29, 1.82) is 0 Å². The van der Waals surface area contributed by atoms with Crippen molar-refractivity contribution < 1.29 is 27.5 Å². The first-order valence-electron chi connectivity index (χ1n) is 7.98. The standard InChI is InChI=1S/C18H17F3N2O3S/c1-2-26-17(25)11-23(14-6-4-3-5-7-14)16(24)12-27-15-9-8-13(10-22-15)18(19,20)21/h3-10H,2,11-12H2,1H3. The van der Waals surface area contributed by atoms with Gasteiger partial charge < -0.3 is 9.64 Å². The molecule has 0 spiro atoms. The van der Waals surface area contributed by atoms with Gasteiger partial charge in [0, 0.05) is 11.9 Å². The number of nitrogens with zero attached hydrogens (tertiary/aromatic N) is 2. The molecule has 0 radical (unpaired) electrons. The van der Waals surface area contributed by atoms with E-state index in [4.69, 9.17) is 4.74 Å². The molecule has 0 saturated heterocycles. The Labute approximate surface area is 158 Å². The Balaban J connectivity index is 2.06. The number of esters is 1. The summed E-state index contributed by atoms with van der Waals surface area (Å²) in [6, 6.07) is 10.7. The van der Waals surface area contributed by atoms with Crippen LogP contribution in [-0.2, 0) is 20.5 Å². The molecule has 0 unspecified atom stereocenters. The van der Waals surface area contributed by atoms with Crippen LogP contribution in [0.15, 0.2) is 53.7 Å². The Morgan fingerprint density at radius 3 is 2.41 bits per heavy atom. The third kappa shape index (κ3) is 6.28. The molecule has 0 aliphatic carbocycles. The van der Waals surface area contributed by atoms with Crippen LogP contribution in [0.3, 0.4) is 0 Å². The highest BCUT2D eigenvalue weighted by Gasteiger charge is 2.30. The number of rotatable bonds is 7. The van der Waals surface area contributed by atoms with E-state index >= 15 is 0 Å². The summed E-state index contributed by atoms with van der Waals surface area (Å²) in [6.45, 7) is 1.61. The second-order valence-corrected chi connectivity index (χ2v) is 6.29. The maximum atomic E-state index is 12.6. The minimum atomic E-state index is -4.46. The van der Waals surface area contributed by atoms with Gasteiger partial charge in [-0.1, -0.05) is 30.0 Å². The molecule has 27 heavy (non-hydrogen) atoms. The molecule has 2 rings (SSSR count). The summed E-state index contributed by atoms with van der Waals surface area (Å²) < 4.78 is 42.6. The Morgan fingerprint density at radius 1 is 1.15 bits per heavy atom. The molecule has 1 aromatic heterocycles. The Hall–Kier alpha value is -2.55. The molecule has 9 heteroatoms. The number of benzene rings is 1. The first-order chi connectivity index (χ1) is 12.8. The van der Waals surface area contributed by atoms with E-state index in [0.29, 0.717) is 5.69 Å². The van der Waals surface area contributed by atoms with Crippen LogP contribution in [-0.4, -0.2) is 35.8 Å². The van der Waals surface area contributed by atoms with Crippen molar-refractivity contribution in [3.8, 4) is 0 Å². The molecule has 1 heterocycles. The number of hydrogen-bond acceptors (Lipinski definition) is 5. The summed E-state index contributed by atoms with van der Waals surface area (Å²) in [6.07, 6.45) is -3.74. The van der Waals surface area contributed by atoms with Crippen LogP contribution in [0, 0.1) is 0 Å². The summed E-state index contributed by atoms with van der Waals surface area (Å²) in [4.78, 5) is 29.4. The smallest absolute Gasteiger partial charge is 0.417 e. The van der Waals surface area contributed by atoms with E-state index in [1.807, 2.05) is 0 Å². The summed E-state index contributed by atoms with van der Waals surface area (Å²) in [5.74, 6) is -1.03. The average Bonchev–Trinajstić information content (AvgIpc) is 2.65. The lowest BCUT2D eigenvalue weighted by Gasteiger charge is -2.21. The summed E-state index contributed by atoms with van der Waals surface area (Å²) in [5.41, 5.74) is -0.331. The van der Waals surface area contributed by atoms with Crippen molar-refractivity contribution in [3.63, 3.8) is 0 Å². The van der Waals surface area contributed by atoms with Crippen LogP contribution in [0.25, 0.3) is 0 Å². The first kappa shape index (κ1) is 20.8. The lowest BCUT2D eigenvalue weighted by Crippen LogP contribution is -2.37. The molecule has 0 fully saturated rings. The van der Waals surface area contributed by atoms with Crippen molar-refractivity contribution in [2.24, 2.45) is 0 Å². The van der Waals surface area contributed by atoms with Crippen molar-refractivity contribution >= 4 is 29.3 Å². The van der Waals surface area contributed by atoms with Gasteiger partial charge in [-0.3, -0.25) is 9.59 Å². The fourth-order valence-electron chi connectivity index (χ4n) is 2.11. The van der Waals surface area contributed by atoms with E-state index in [2.05, 4.69) is 4.98 Å². The highest BCUT2D eigenvalue weighted by molar-refractivity contribution is 7.99. The SMILES string of the molecule is CCOC(=O)CN(C(=O)CSc1ccc(C(F)(F)F)cn1)c1ccccc1. The predicted molar refractivity (Wildman–Crippen MR) is 95.4 cm³/mol. The van der Waals surface area contributed by atoms with Crippen LogP contribution in [0.1, 0.15) is 12.5 Å². The van der Waals surface area contributed by atoms with Crippen LogP contribution < -0.4 is 4.90 Å². The average molecular weight is 398 g/mol. The van der Waals surface area contributed by atoms with Crippen molar-refractivity contribution in [1.82, 2.24) is 4.98 Å². The maximum absolute atomic E-state index is 12.6. The van der Waals surface area contributed by atoms with Gasteiger partial charge in [0.05, 0.1) is 22.9 Å². The number of pyridine rings is 1. The monoisotopic (exact) mass is 398 g/mol. The number of carbonyl (C=O) groups is 2. The first-order valence-corrected chi connectivity index (χ1v) is 8.97. The van der Waals surface area contributed by atoms with E-state index in [0.717, 1.165) is 24.0 Å². The predicted octanol–water partition coefficient (Wildman–Crippen LogP) is 3.79. The van der Waals surface area contributed by atoms with Gasteiger partial charge in [0.1, 0.15) is 6.54 Å². The zero-order valence-electron chi connectivity index (χ0n) is 14.4. The second-order valence-electron chi connectivity index (χ2n) is 5.29. The number of hydrogen-bond donors (Lipinski definition) is 0. The molecule has 2 aromatic rings. The molecule has 0 aliphatic heterocycles. The summed E-state index contributed by atoms with van der Waals surface area (Å²) >= 11 is 0.990. The number of carbonyl (C=O) groups excluding carboxylic acids is 2. The van der Waals surface area contributed by atoms with E-state index < -0.39 is 17.7 Å². The summed E-state index contributed by atoms with van der Waals surface area (Å²) in [5, 5.41) is 0.278. The zero-order valence-corrected chi connectivity index (χ0v) is 15.2. The van der Waals surface area contributed by atoms with E-state index in [-0.39, 0.29) is 29.8 Å². The largest absolute Gasteiger partial charge is 0.465 e. The molecular weight excluding hydrogens is 381 g/mol. The normalized spacial score (nSPS) is 11.1. The molecule has 1 amide bonds. The number of anilines is 1. The molecule has 0 saturated carbocycles. The van der Waals surface area contributed by atoms with Gasteiger partial charge in [0.25, 0.3) is 0 Å². The lowest BCUT2D eigenvalue weighted by atomic mass is 10.3. The third-order valence-electron chi connectivity index (χ3n) is 3.37. The number of aromatic nitrogens is 1. The fraction of sp³-hybridized carbons (Fsp3) is 0.278. The minimum absolute atomic E-state index is 0.0906. The Morgan fingerprint density at radius 2 is 1.85 bits per heavy atom. The molecule has 144 valence electrons. The van der Waals surface area contributed by atoms with Gasteiger partial charge in [-0.2, -0.15) is 13.2 Å². The van der Waals surface area contributed by atoms with Gasteiger partial charge in [0.2, 0.25) is 5.91 Å². The number of halogens is 3. The van der Waals surface area contributed by atoms with Crippen molar-refractivity contribution in [2.75, 3.05) is 23.8 Å². The second kappa shape index (κ2) is 9.40. The fourth-order valence-corrected chi connectivity index (χ4v) is 2.83. The molecule has 1 aromatic carbocycles. The minimum Gasteiger partial charge on any atom is -0.465 e. The molecule has 0 bridgehead atoms. The number of thioether (sulfide) groups is 1. The van der Waals surface area contributed by atoms with Crippen LogP contribution >= 0.6 is 11.8 Å². The number of amides is 1. The van der Waals surface area contributed by atoms with Gasteiger partial charge in [-0.15, -0.1) is 0 Å². The van der Waals surface area contributed by atoms with Crippen LogP contribution in [0.2, 0.25) is 0 Å². The van der Waals surface area contributed by atoms with Crippen molar-refractivity contribution in [2.45, 2.75) is 18.1 Å². The summed E-state index contributed by atoms with van der Waals surface area (Å²) in [7, 11) is 0. The lowest BCUT2D eigenvalue weighted by molar-refractivity contribution is -0.142.